The highest BCUT2D eigenvalue weighted by molar-refractivity contribution is 6.06. The van der Waals surface area contributed by atoms with Crippen molar-refractivity contribution in [1.82, 2.24) is 10.3 Å². The summed E-state index contributed by atoms with van der Waals surface area (Å²) in [6, 6.07) is 3.44. The molecule has 0 aromatic carbocycles. The van der Waals surface area contributed by atoms with E-state index < -0.39 is 0 Å². The van der Waals surface area contributed by atoms with Crippen LogP contribution in [0.3, 0.4) is 0 Å². The van der Waals surface area contributed by atoms with E-state index in [9.17, 15) is 0 Å². The van der Waals surface area contributed by atoms with Crippen LogP contribution in [0, 0.1) is 10.8 Å². The highest BCUT2D eigenvalue weighted by Crippen LogP contribution is 1.94. The van der Waals surface area contributed by atoms with E-state index in [0.29, 0.717) is 0 Å². The molecule has 4 heteroatoms. The first-order valence-corrected chi connectivity index (χ1v) is 3.51. The van der Waals surface area contributed by atoms with Crippen molar-refractivity contribution in [2.24, 2.45) is 0 Å². The molecule has 3 N–H and O–H groups in total. The van der Waals surface area contributed by atoms with Crippen LogP contribution >= 0.6 is 0 Å². The van der Waals surface area contributed by atoms with Gasteiger partial charge in [0, 0.05) is 18.0 Å². The number of aromatic nitrogens is 1. The van der Waals surface area contributed by atoms with Crippen LogP contribution < -0.4 is 5.32 Å². The maximum absolute atomic E-state index is 7.48. The molecule has 1 aromatic rings. The van der Waals surface area contributed by atoms with Gasteiger partial charge in [-0.15, -0.1) is 0 Å². The van der Waals surface area contributed by atoms with Crippen molar-refractivity contribution in [3.63, 3.8) is 0 Å². The van der Waals surface area contributed by atoms with Crippen LogP contribution in [0.2, 0.25) is 0 Å². The molecule has 0 aliphatic heterocycles. The summed E-state index contributed by atoms with van der Waals surface area (Å²) < 4.78 is 0. The first-order valence-electron chi connectivity index (χ1n) is 3.51. The second kappa shape index (κ2) is 3.61. The van der Waals surface area contributed by atoms with E-state index >= 15 is 0 Å². The first kappa shape index (κ1) is 8.39. The Bertz CT molecular complexity index is 291. The lowest BCUT2D eigenvalue weighted by molar-refractivity contribution is 1.22. The Kier molecular flexibility index (Phi) is 2.53. The fraction of sp³-hybridized carbons (Fsp3) is 0.125. The molecule has 0 bridgehead atoms. The molecule has 0 spiro atoms. The van der Waals surface area contributed by atoms with Gasteiger partial charge in [0.2, 0.25) is 0 Å². The number of nitrogens with zero attached hydrogens (tertiary/aromatic N) is 1. The lowest BCUT2D eigenvalue weighted by Gasteiger charge is -2.04. The summed E-state index contributed by atoms with van der Waals surface area (Å²) in [5.41, 5.74) is 0.733. The molecule has 0 radical (unpaired) electrons. The van der Waals surface area contributed by atoms with Crippen molar-refractivity contribution in [3.8, 4) is 0 Å². The van der Waals surface area contributed by atoms with Gasteiger partial charge in [-0.3, -0.25) is 15.8 Å². The van der Waals surface area contributed by atoms with Gasteiger partial charge in [-0.25, -0.2) is 0 Å². The summed E-state index contributed by atoms with van der Waals surface area (Å²) in [4.78, 5) is 3.83. The number of nitrogens with one attached hydrogen (secondary N) is 3. The molecular weight excluding hydrogens is 152 g/mol. The van der Waals surface area contributed by atoms with Gasteiger partial charge >= 0.3 is 0 Å². The van der Waals surface area contributed by atoms with Gasteiger partial charge in [0.15, 0.2) is 0 Å². The van der Waals surface area contributed by atoms with Gasteiger partial charge in [-0.05, 0) is 19.1 Å². The van der Waals surface area contributed by atoms with Crippen LogP contribution in [0.4, 0.5) is 0 Å². The molecule has 0 aliphatic carbocycles. The highest BCUT2D eigenvalue weighted by Gasteiger charge is 1.98. The molecule has 0 fully saturated rings. The molecule has 0 atom stereocenters. The molecule has 4 nitrogen and oxygen atoms in total. The predicted octanol–water partition coefficient (Wildman–Crippen LogP) is 0.994. The monoisotopic (exact) mass is 162 g/mol. The summed E-state index contributed by atoms with van der Waals surface area (Å²) in [6.45, 7) is 1.59. The number of hydrogen-bond acceptors (Lipinski definition) is 3. The van der Waals surface area contributed by atoms with Crippen LogP contribution in [0.25, 0.3) is 0 Å². The predicted molar refractivity (Wildman–Crippen MR) is 47.6 cm³/mol. The summed E-state index contributed by atoms with van der Waals surface area (Å²) in [5, 5.41) is 17.2. The summed E-state index contributed by atoms with van der Waals surface area (Å²) in [5.74, 6) is 0.488. The Hall–Kier alpha value is -1.71. The summed E-state index contributed by atoms with van der Waals surface area (Å²) >= 11 is 0. The van der Waals surface area contributed by atoms with E-state index in [0.717, 1.165) is 5.56 Å². The molecule has 1 rings (SSSR count). The van der Waals surface area contributed by atoms with Crippen molar-refractivity contribution in [3.05, 3.63) is 30.1 Å². The second-order valence-electron chi connectivity index (χ2n) is 2.36. The average Bonchev–Trinajstić information content (AvgIpc) is 2.05. The minimum atomic E-state index is 0.227. The lowest BCUT2D eigenvalue weighted by Crippen LogP contribution is -2.27. The smallest absolute Gasteiger partial charge is 0.130 e. The fourth-order valence-electron chi connectivity index (χ4n) is 0.778. The van der Waals surface area contributed by atoms with Gasteiger partial charge in [0.25, 0.3) is 0 Å². The number of amidine groups is 2. The van der Waals surface area contributed by atoms with Crippen LogP contribution in [-0.2, 0) is 0 Å². The maximum atomic E-state index is 7.48. The third kappa shape index (κ3) is 2.16. The Labute approximate surface area is 70.7 Å². The van der Waals surface area contributed by atoms with Gasteiger partial charge in [0.1, 0.15) is 5.84 Å². The quantitative estimate of drug-likeness (QED) is 0.425. The van der Waals surface area contributed by atoms with Crippen LogP contribution in [0.1, 0.15) is 12.5 Å². The molecule has 1 aromatic heterocycles. The topological polar surface area (TPSA) is 72.6 Å². The minimum absolute atomic E-state index is 0.227. The molecule has 62 valence electrons. The van der Waals surface area contributed by atoms with Gasteiger partial charge in [0.05, 0.1) is 5.84 Å². The van der Waals surface area contributed by atoms with E-state index in [1.54, 1.807) is 31.5 Å². The lowest BCUT2D eigenvalue weighted by atomic mass is 10.2. The van der Waals surface area contributed by atoms with Crippen molar-refractivity contribution in [2.75, 3.05) is 0 Å². The zero-order valence-electron chi connectivity index (χ0n) is 6.76. The van der Waals surface area contributed by atoms with E-state index in [-0.39, 0.29) is 11.7 Å². The van der Waals surface area contributed by atoms with Gasteiger partial charge < -0.3 is 5.32 Å². The Balaban J connectivity index is 2.73. The molecular formula is C8H10N4. The largest absolute Gasteiger partial charge is 0.329 e. The normalized spacial score (nSPS) is 9.08. The van der Waals surface area contributed by atoms with Crippen molar-refractivity contribution in [2.45, 2.75) is 6.92 Å². The summed E-state index contributed by atoms with van der Waals surface area (Å²) in [7, 11) is 0. The molecule has 0 amide bonds. The highest BCUT2D eigenvalue weighted by atomic mass is 15.0. The maximum Gasteiger partial charge on any atom is 0.130 e. The van der Waals surface area contributed by atoms with Gasteiger partial charge in [-0.2, -0.15) is 0 Å². The molecule has 0 unspecified atom stereocenters. The third-order valence-electron chi connectivity index (χ3n) is 1.28. The zero-order chi connectivity index (χ0) is 8.97. The van der Waals surface area contributed by atoms with Crippen LogP contribution in [0.5, 0.6) is 0 Å². The van der Waals surface area contributed by atoms with E-state index in [1.807, 2.05) is 0 Å². The van der Waals surface area contributed by atoms with Crippen LogP contribution in [0.15, 0.2) is 24.5 Å². The first-order chi connectivity index (χ1) is 5.70. The zero-order valence-corrected chi connectivity index (χ0v) is 6.76. The molecule has 1 heterocycles. The molecule has 0 saturated heterocycles. The third-order valence-corrected chi connectivity index (χ3v) is 1.28. The number of pyridine rings is 1. The van der Waals surface area contributed by atoms with Gasteiger partial charge in [-0.1, -0.05) is 0 Å². The SMILES string of the molecule is CC(=N)NC(=N)c1ccncc1. The van der Waals surface area contributed by atoms with Crippen molar-refractivity contribution >= 4 is 11.7 Å². The molecule has 0 saturated carbocycles. The Morgan fingerprint density at radius 2 is 1.92 bits per heavy atom. The number of hydrogen-bond donors (Lipinski definition) is 3. The number of rotatable bonds is 1. The second-order valence-corrected chi connectivity index (χ2v) is 2.36. The van der Waals surface area contributed by atoms with E-state index in [4.69, 9.17) is 10.8 Å². The average molecular weight is 162 g/mol. The van der Waals surface area contributed by atoms with Crippen molar-refractivity contribution < 1.29 is 0 Å². The fourth-order valence-corrected chi connectivity index (χ4v) is 0.778. The van der Waals surface area contributed by atoms with E-state index in [1.165, 1.54) is 0 Å². The molecule has 12 heavy (non-hydrogen) atoms. The van der Waals surface area contributed by atoms with E-state index in [2.05, 4.69) is 10.3 Å². The van der Waals surface area contributed by atoms with Crippen LogP contribution in [-0.4, -0.2) is 16.7 Å². The minimum Gasteiger partial charge on any atom is -0.329 e. The van der Waals surface area contributed by atoms with Crippen molar-refractivity contribution in [1.29, 1.82) is 10.8 Å². The Morgan fingerprint density at radius 3 is 2.42 bits per heavy atom. The summed E-state index contributed by atoms with van der Waals surface area (Å²) in [6.07, 6.45) is 3.23. The standard InChI is InChI=1S/C8H10N4/c1-6(9)12-8(10)7-2-4-11-5-3-7/h2-5H,1H3,(H3,9,10,12). The molecule has 0 aliphatic rings. The Morgan fingerprint density at radius 1 is 1.33 bits per heavy atom.